The lowest BCUT2D eigenvalue weighted by atomic mass is 9.99. The second-order valence-corrected chi connectivity index (χ2v) is 10.2. The normalized spacial score (nSPS) is 17.2. The predicted octanol–water partition coefficient (Wildman–Crippen LogP) is 4.83. The van der Waals surface area contributed by atoms with Crippen LogP contribution in [0.5, 0.6) is 0 Å². The molecule has 5 nitrogen and oxygen atoms in total. The maximum Gasteiger partial charge on any atom is 0.253 e. The van der Waals surface area contributed by atoms with Crippen molar-refractivity contribution in [3.8, 4) is 0 Å². The Hall–Kier alpha value is -1.76. The summed E-state index contributed by atoms with van der Waals surface area (Å²) >= 11 is 12.3. The summed E-state index contributed by atoms with van der Waals surface area (Å²) in [6.07, 6.45) is 3.30. The topological polar surface area (TPSA) is 57.7 Å². The molecule has 0 saturated carbocycles. The summed E-state index contributed by atoms with van der Waals surface area (Å²) in [4.78, 5) is 14.6. The van der Waals surface area contributed by atoms with E-state index >= 15 is 0 Å². The van der Waals surface area contributed by atoms with Gasteiger partial charge in [0.1, 0.15) is 0 Å². The van der Waals surface area contributed by atoms with Crippen molar-refractivity contribution < 1.29 is 13.2 Å². The first-order valence-corrected chi connectivity index (χ1v) is 12.1. The van der Waals surface area contributed by atoms with Gasteiger partial charge in [-0.3, -0.25) is 9.10 Å². The molecule has 0 unspecified atom stereocenters. The van der Waals surface area contributed by atoms with Crippen LogP contribution in [0.2, 0.25) is 10.0 Å². The number of likely N-dealkylation sites (tertiary alicyclic amines) is 1. The molecule has 1 aliphatic rings. The van der Waals surface area contributed by atoms with E-state index in [1.807, 2.05) is 4.90 Å². The van der Waals surface area contributed by atoms with Crippen LogP contribution in [-0.2, 0) is 16.6 Å². The van der Waals surface area contributed by atoms with Crippen molar-refractivity contribution in [2.45, 2.75) is 26.3 Å². The summed E-state index contributed by atoms with van der Waals surface area (Å²) in [6, 6.07) is 11.9. The van der Waals surface area contributed by atoms with Crippen LogP contribution in [0.4, 0.5) is 5.69 Å². The number of hydrogen-bond acceptors (Lipinski definition) is 3. The average Bonchev–Trinajstić information content (AvgIpc) is 2.68. The van der Waals surface area contributed by atoms with E-state index in [1.54, 1.807) is 42.5 Å². The Morgan fingerprint density at radius 3 is 2.48 bits per heavy atom. The van der Waals surface area contributed by atoms with Crippen molar-refractivity contribution in [2.75, 3.05) is 23.7 Å². The number of hydrogen-bond donors (Lipinski definition) is 0. The molecule has 156 valence electrons. The Kier molecular flexibility index (Phi) is 6.76. The van der Waals surface area contributed by atoms with Gasteiger partial charge in [0.2, 0.25) is 10.0 Å². The average molecular weight is 455 g/mol. The third-order valence-corrected chi connectivity index (χ3v) is 7.01. The van der Waals surface area contributed by atoms with Gasteiger partial charge in [0.15, 0.2) is 0 Å². The Balaban J connectivity index is 1.81. The standard InChI is InChI=1S/C21H24Cl2N2O3S/c1-15-5-4-12-24(13-15)21(26)17-10-8-16(9-11-17)14-25(29(2,27)28)19-7-3-6-18(22)20(19)23/h3,6-11,15H,4-5,12-14H2,1-2H3/t15-/m0/s1. The van der Waals surface area contributed by atoms with Crippen LogP contribution in [-0.4, -0.2) is 38.6 Å². The van der Waals surface area contributed by atoms with Gasteiger partial charge in [0.25, 0.3) is 5.91 Å². The molecule has 1 saturated heterocycles. The Bertz CT molecular complexity index is 993. The highest BCUT2D eigenvalue weighted by atomic mass is 35.5. The lowest BCUT2D eigenvalue weighted by molar-refractivity contribution is 0.0683. The fraction of sp³-hybridized carbons (Fsp3) is 0.381. The minimum absolute atomic E-state index is 0.0148. The summed E-state index contributed by atoms with van der Waals surface area (Å²) in [5.41, 5.74) is 1.67. The second-order valence-electron chi connectivity index (χ2n) is 7.54. The number of sulfonamides is 1. The van der Waals surface area contributed by atoms with E-state index in [9.17, 15) is 13.2 Å². The van der Waals surface area contributed by atoms with E-state index in [0.717, 1.165) is 37.8 Å². The number of carbonyl (C=O) groups excluding carboxylic acids is 1. The van der Waals surface area contributed by atoms with Gasteiger partial charge in [0.05, 0.1) is 28.5 Å². The molecule has 1 aliphatic heterocycles. The molecule has 1 heterocycles. The fourth-order valence-corrected chi connectivity index (χ4v) is 4.88. The Labute approximate surface area is 182 Å². The highest BCUT2D eigenvalue weighted by Crippen LogP contribution is 2.34. The minimum Gasteiger partial charge on any atom is -0.338 e. The van der Waals surface area contributed by atoms with Crippen LogP contribution in [0.1, 0.15) is 35.7 Å². The molecule has 2 aromatic carbocycles. The Morgan fingerprint density at radius 2 is 1.86 bits per heavy atom. The van der Waals surface area contributed by atoms with Crippen LogP contribution in [0.25, 0.3) is 0 Å². The summed E-state index contributed by atoms with van der Waals surface area (Å²) in [5.74, 6) is 0.527. The van der Waals surface area contributed by atoms with Crippen LogP contribution in [0.3, 0.4) is 0 Å². The van der Waals surface area contributed by atoms with E-state index in [4.69, 9.17) is 23.2 Å². The van der Waals surface area contributed by atoms with Gasteiger partial charge in [0, 0.05) is 18.7 Å². The highest BCUT2D eigenvalue weighted by molar-refractivity contribution is 7.92. The quantitative estimate of drug-likeness (QED) is 0.649. The molecule has 1 amide bonds. The molecule has 29 heavy (non-hydrogen) atoms. The van der Waals surface area contributed by atoms with Crippen LogP contribution >= 0.6 is 23.2 Å². The zero-order valence-electron chi connectivity index (χ0n) is 16.4. The van der Waals surface area contributed by atoms with Crippen molar-refractivity contribution in [3.05, 3.63) is 63.6 Å². The van der Waals surface area contributed by atoms with Crippen molar-refractivity contribution in [1.29, 1.82) is 0 Å². The van der Waals surface area contributed by atoms with Crippen LogP contribution in [0.15, 0.2) is 42.5 Å². The molecule has 0 aromatic heterocycles. The van der Waals surface area contributed by atoms with Gasteiger partial charge in [-0.05, 0) is 48.6 Å². The van der Waals surface area contributed by atoms with Crippen LogP contribution in [0, 0.1) is 5.92 Å². The third kappa shape index (κ3) is 5.24. The molecule has 3 rings (SSSR count). The monoisotopic (exact) mass is 454 g/mol. The van der Waals surface area contributed by atoms with Crippen molar-refractivity contribution in [3.63, 3.8) is 0 Å². The minimum atomic E-state index is -3.59. The number of carbonyl (C=O) groups is 1. The van der Waals surface area contributed by atoms with E-state index in [-0.39, 0.29) is 22.5 Å². The highest BCUT2D eigenvalue weighted by Gasteiger charge is 2.23. The van der Waals surface area contributed by atoms with Gasteiger partial charge in [-0.2, -0.15) is 0 Å². The molecule has 0 aliphatic carbocycles. The third-order valence-electron chi connectivity index (χ3n) is 5.07. The Morgan fingerprint density at radius 1 is 1.17 bits per heavy atom. The number of anilines is 1. The number of amides is 1. The maximum atomic E-state index is 12.7. The van der Waals surface area contributed by atoms with Crippen LogP contribution < -0.4 is 4.31 Å². The van der Waals surface area contributed by atoms with Gasteiger partial charge in [-0.1, -0.05) is 48.3 Å². The summed E-state index contributed by atoms with van der Waals surface area (Å²) < 4.78 is 26.0. The zero-order valence-corrected chi connectivity index (χ0v) is 18.8. The van der Waals surface area contributed by atoms with Gasteiger partial charge in [-0.15, -0.1) is 0 Å². The smallest absolute Gasteiger partial charge is 0.253 e. The van der Waals surface area contributed by atoms with Crippen molar-refractivity contribution in [2.24, 2.45) is 5.92 Å². The summed E-state index contributed by atoms with van der Waals surface area (Å²) in [5, 5.41) is 0.472. The lowest BCUT2D eigenvalue weighted by Crippen LogP contribution is -2.39. The first kappa shape index (κ1) is 21.9. The first-order chi connectivity index (χ1) is 13.7. The molecule has 2 aromatic rings. The van der Waals surface area contributed by atoms with Crippen molar-refractivity contribution >= 4 is 44.8 Å². The number of nitrogens with zero attached hydrogens (tertiary/aromatic N) is 2. The largest absolute Gasteiger partial charge is 0.338 e. The second kappa shape index (κ2) is 8.94. The molecule has 8 heteroatoms. The zero-order chi connectivity index (χ0) is 21.2. The molecule has 1 fully saturated rings. The SMILES string of the molecule is C[C@H]1CCCN(C(=O)c2ccc(CN(c3cccc(Cl)c3Cl)S(C)(=O)=O)cc2)C1. The fourth-order valence-electron chi connectivity index (χ4n) is 3.54. The molecular formula is C21H24Cl2N2O3S. The van der Waals surface area contributed by atoms with E-state index in [1.165, 1.54) is 4.31 Å². The lowest BCUT2D eigenvalue weighted by Gasteiger charge is -2.31. The van der Waals surface area contributed by atoms with E-state index in [0.29, 0.717) is 17.2 Å². The van der Waals surface area contributed by atoms with Gasteiger partial charge < -0.3 is 4.90 Å². The molecule has 0 spiro atoms. The number of benzene rings is 2. The summed E-state index contributed by atoms with van der Waals surface area (Å²) in [6.45, 7) is 3.80. The number of piperidine rings is 1. The van der Waals surface area contributed by atoms with Gasteiger partial charge in [-0.25, -0.2) is 8.42 Å². The molecule has 1 atom stereocenters. The van der Waals surface area contributed by atoms with Crippen molar-refractivity contribution in [1.82, 2.24) is 4.90 Å². The molecule has 0 N–H and O–H groups in total. The summed E-state index contributed by atoms with van der Waals surface area (Å²) in [7, 11) is -3.59. The van der Waals surface area contributed by atoms with E-state index in [2.05, 4.69) is 6.92 Å². The molecule has 0 radical (unpaired) electrons. The molecular weight excluding hydrogens is 431 g/mol. The van der Waals surface area contributed by atoms with Gasteiger partial charge >= 0.3 is 0 Å². The first-order valence-electron chi connectivity index (χ1n) is 9.46. The maximum absolute atomic E-state index is 12.7. The number of halogens is 2. The molecule has 0 bridgehead atoms. The van der Waals surface area contributed by atoms with E-state index < -0.39 is 10.0 Å². The predicted molar refractivity (Wildman–Crippen MR) is 118 cm³/mol. The number of rotatable bonds is 5.